The zero-order valence-corrected chi connectivity index (χ0v) is 14.0. The Bertz CT molecular complexity index is 482. The van der Waals surface area contributed by atoms with Crippen LogP contribution >= 0.6 is 0 Å². The first-order valence-corrected chi connectivity index (χ1v) is 7.09. The van der Waals surface area contributed by atoms with E-state index in [-0.39, 0.29) is 11.5 Å². The lowest BCUT2D eigenvalue weighted by Gasteiger charge is -2.20. The molecule has 22 heavy (non-hydrogen) atoms. The molecule has 0 saturated heterocycles. The summed E-state index contributed by atoms with van der Waals surface area (Å²) in [5.74, 6) is -0.343. The monoisotopic (exact) mass is 308 g/mol. The van der Waals surface area contributed by atoms with Crippen molar-refractivity contribution in [1.29, 1.82) is 0 Å². The highest BCUT2D eigenvalue weighted by molar-refractivity contribution is 5.80. The minimum atomic E-state index is -0.408. The zero-order chi connectivity index (χ0) is 16.9. The van der Waals surface area contributed by atoms with Gasteiger partial charge in [-0.3, -0.25) is 9.80 Å². The van der Waals surface area contributed by atoms with Crippen LogP contribution in [0.3, 0.4) is 0 Å². The maximum Gasteiger partial charge on any atom is 0.328 e. The molecule has 0 N–H and O–H groups in total. The Morgan fingerprint density at radius 2 is 1.14 bits per heavy atom. The molecule has 0 spiro atoms. The molecule has 2 unspecified atom stereocenters. The number of hydrogen-bond donors (Lipinski definition) is 0. The number of carbonyl (C=O) groups excluding carboxylic acids is 2. The van der Waals surface area contributed by atoms with Crippen molar-refractivity contribution in [3.63, 3.8) is 0 Å². The molecule has 0 heterocycles. The molecule has 2 atom stereocenters. The molecule has 1 rings (SSSR count). The Hall–Kier alpha value is -1.92. The second-order valence-corrected chi connectivity index (χ2v) is 5.57. The van der Waals surface area contributed by atoms with Gasteiger partial charge in [0.25, 0.3) is 0 Å². The van der Waals surface area contributed by atoms with Gasteiger partial charge < -0.3 is 9.47 Å². The van der Waals surface area contributed by atoms with Gasteiger partial charge in [-0.05, 0) is 54.2 Å². The van der Waals surface area contributed by atoms with E-state index < -0.39 is 24.0 Å². The minimum Gasteiger partial charge on any atom is -0.421 e. The Kier molecular flexibility index (Phi) is 6.52. The first-order chi connectivity index (χ1) is 10.2. The van der Waals surface area contributed by atoms with Crippen molar-refractivity contribution in [3.8, 4) is 11.5 Å². The van der Waals surface area contributed by atoms with E-state index in [9.17, 15) is 9.59 Å². The highest BCUT2D eigenvalue weighted by Gasteiger charge is 2.22. The molecule has 0 fully saturated rings. The van der Waals surface area contributed by atoms with Crippen molar-refractivity contribution in [3.05, 3.63) is 24.3 Å². The normalized spacial score (nSPS) is 13.8. The third-order valence-corrected chi connectivity index (χ3v) is 3.50. The summed E-state index contributed by atoms with van der Waals surface area (Å²) < 4.78 is 10.7. The van der Waals surface area contributed by atoms with E-state index in [1.165, 1.54) is 0 Å². The van der Waals surface area contributed by atoms with Gasteiger partial charge in [0.2, 0.25) is 0 Å². The van der Waals surface area contributed by atoms with E-state index in [1.807, 2.05) is 0 Å². The molecular formula is C16H24N2O4. The Morgan fingerprint density at radius 3 is 1.41 bits per heavy atom. The van der Waals surface area contributed by atoms with Crippen LogP contribution in [0.2, 0.25) is 0 Å². The van der Waals surface area contributed by atoms with Crippen molar-refractivity contribution in [1.82, 2.24) is 9.80 Å². The molecule has 0 aliphatic carbocycles. The summed E-state index contributed by atoms with van der Waals surface area (Å²) in [7, 11) is 7.15. The molecule has 0 aliphatic rings. The molecule has 1 aromatic rings. The number of ether oxygens (including phenoxy) is 2. The maximum absolute atomic E-state index is 12.0. The van der Waals surface area contributed by atoms with E-state index in [0.717, 1.165) is 0 Å². The first-order valence-electron chi connectivity index (χ1n) is 7.09. The van der Waals surface area contributed by atoms with Crippen LogP contribution in [0.4, 0.5) is 0 Å². The van der Waals surface area contributed by atoms with Gasteiger partial charge in [0, 0.05) is 0 Å². The standard InChI is InChI=1S/C16H24N2O4/c1-11(17(3)4)15(19)21-13-9-7-8-10-14(13)22-16(20)12(2)18(5)6/h7-12H,1-6H3. The molecule has 0 radical (unpaired) electrons. The van der Waals surface area contributed by atoms with Gasteiger partial charge in [-0.15, -0.1) is 0 Å². The van der Waals surface area contributed by atoms with Crippen LogP contribution in [-0.4, -0.2) is 62.0 Å². The van der Waals surface area contributed by atoms with Crippen molar-refractivity contribution in [2.45, 2.75) is 25.9 Å². The fourth-order valence-electron chi connectivity index (χ4n) is 1.43. The van der Waals surface area contributed by atoms with Gasteiger partial charge in [-0.2, -0.15) is 0 Å². The van der Waals surface area contributed by atoms with E-state index in [4.69, 9.17) is 9.47 Å². The Morgan fingerprint density at radius 1 is 0.818 bits per heavy atom. The molecule has 0 saturated carbocycles. The van der Waals surface area contributed by atoms with E-state index in [2.05, 4.69) is 0 Å². The molecule has 6 heteroatoms. The summed E-state index contributed by atoms with van der Waals surface area (Å²) >= 11 is 0. The van der Waals surface area contributed by atoms with Gasteiger partial charge >= 0.3 is 11.9 Å². The van der Waals surface area contributed by atoms with Crippen LogP contribution in [0.1, 0.15) is 13.8 Å². The van der Waals surface area contributed by atoms with Crippen molar-refractivity contribution in [2.75, 3.05) is 28.2 Å². The molecular weight excluding hydrogens is 284 g/mol. The van der Waals surface area contributed by atoms with Gasteiger partial charge in [-0.25, -0.2) is 9.59 Å². The SMILES string of the molecule is CC(C(=O)Oc1ccccc1OC(=O)C(C)N(C)C)N(C)C. The van der Waals surface area contributed by atoms with Gasteiger partial charge in [0.15, 0.2) is 11.5 Å². The zero-order valence-electron chi connectivity index (χ0n) is 14.0. The molecule has 1 aromatic carbocycles. The van der Waals surface area contributed by atoms with Crippen LogP contribution in [0.15, 0.2) is 24.3 Å². The van der Waals surface area contributed by atoms with Crippen LogP contribution in [0.5, 0.6) is 11.5 Å². The predicted octanol–water partition coefficient (Wildman–Crippen LogP) is 1.40. The first kappa shape index (κ1) is 18.1. The van der Waals surface area contributed by atoms with Crippen molar-refractivity contribution in [2.24, 2.45) is 0 Å². The van der Waals surface area contributed by atoms with E-state index in [1.54, 1.807) is 76.1 Å². The lowest BCUT2D eigenvalue weighted by molar-refractivity contribution is -0.141. The smallest absolute Gasteiger partial charge is 0.328 e. The molecule has 0 amide bonds. The second-order valence-electron chi connectivity index (χ2n) is 5.57. The predicted molar refractivity (Wildman–Crippen MR) is 84.0 cm³/mol. The van der Waals surface area contributed by atoms with Crippen LogP contribution in [0, 0.1) is 0 Å². The molecule has 0 aromatic heterocycles. The Labute approximate surface area is 131 Å². The topological polar surface area (TPSA) is 59.1 Å². The number of likely N-dealkylation sites (N-methyl/N-ethyl adjacent to an activating group) is 2. The van der Waals surface area contributed by atoms with E-state index >= 15 is 0 Å². The average Bonchev–Trinajstić information content (AvgIpc) is 2.47. The highest BCUT2D eigenvalue weighted by atomic mass is 16.6. The molecule has 0 aliphatic heterocycles. The van der Waals surface area contributed by atoms with Crippen molar-refractivity contribution >= 4 is 11.9 Å². The lowest BCUT2D eigenvalue weighted by Crippen LogP contribution is -2.37. The number of carbonyl (C=O) groups is 2. The fourth-order valence-corrected chi connectivity index (χ4v) is 1.43. The summed E-state index contributed by atoms with van der Waals surface area (Å²) in [6.45, 7) is 3.48. The number of benzene rings is 1. The van der Waals surface area contributed by atoms with Crippen LogP contribution < -0.4 is 9.47 Å². The number of rotatable bonds is 6. The number of hydrogen-bond acceptors (Lipinski definition) is 6. The molecule has 0 bridgehead atoms. The summed E-state index contributed by atoms with van der Waals surface area (Å²) in [6, 6.07) is 5.84. The third kappa shape index (κ3) is 4.82. The van der Waals surface area contributed by atoms with Crippen LogP contribution in [0.25, 0.3) is 0 Å². The van der Waals surface area contributed by atoms with Gasteiger partial charge in [0.1, 0.15) is 12.1 Å². The lowest BCUT2D eigenvalue weighted by atomic mass is 10.3. The average molecular weight is 308 g/mol. The fraction of sp³-hybridized carbons (Fsp3) is 0.500. The summed E-state index contributed by atoms with van der Waals surface area (Å²) in [5, 5.41) is 0. The summed E-state index contributed by atoms with van der Waals surface area (Å²) in [6.07, 6.45) is 0. The quantitative estimate of drug-likeness (QED) is 0.585. The second kappa shape index (κ2) is 7.91. The summed E-state index contributed by atoms with van der Waals surface area (Å²) in [5.41, 5.74) is 0. The van der Waals surface area contributed by atoms with Crippen LogP contribution in [-0.2, 0) is 9.59 Å². The third-order valence-electron chi connectivity index (χ3n) is 3.50. The highest BCUT2D eigenvalue weighted by Crippen LogP contribution is 2.27. The number of esters is 2. The largest absolute Gasteiger partial charge is 0.421 e. The van der Waals surface area contributed by atoms with Gasteiger partial charge in [0.05, 0.1) is 0 Å². The van der Waals surface area contributed by atoms with Crippen molar-refractivity contribution < 1.29 is 19.1 Å². The maximum atomic E-state index is 12.0. The van der Waals surface area contributed by atoms with Gasteiger partial charge in [-0.1, -0.05) is 12.1 Å². The minimum absolute atomic E-state index is 0.237. The van der Waals surface area contributed by atoms with E-state index in [0.29, 0.717) is 0 Å². The number of nitrogens with zero attached hydrogens (tertiary/aromatic N) is 2. The summed E-state index contributed by atoms with van der Waals surface area (Å²) in [4.78, 5) is 27.5. The molecule has 6 nitrogen and oxygen atoms in total. The Balaban J connectivity index is 2.86. The number of para-hydroxylation sites is 2. The molecule has 122 valence electrons.